The minimum Gasteiger partial charge on any atom is -0.494 e. The predicted octanol–water partition coefficient (Wildman–Crippen LogP) is 2.88. The van der Waals surface area contributed by atoms with Gasteiger partial charge in [-0.25, -0.2) is 4.39 Å². The number of carbonyl (C=O) groups is 1. The maximum atomic E-state index is 13.9. The van der Waals surface area contributed by atoms with Crippen molar-refractivity contribution in [2.45, 2.75) is 26.7 Å². The summed E-state index contributed by atoms with van der Waals surface area (Å²) in [7, 11) is 1.41. The number of halogens is 1. The number of carboxylic acids is 1. The van der Waals surface area contributed by atoms with Gasteiger partial charge < -0.3 is 9.84 Å². The van der Waals surface area contributed by atoms with Crippen molar-refractivity contribution < 1.29 is 19.0 Å². The molecule has 17 heavy (non-hydrogen) atoms. The van der Waals surface area contributed by atoms with E-state index in [1.54, 1.807) is 32.0 Å². The SMILES string of the molecule is COc1cccc(CC(C)(C)CC(=O)O)c1F. The fraction of sp³-hybridized carbons (Fsp3) is 0.462. The van der Waals surface area contributed by atoms with Gasteiger partial charge >= 0.3 is 5.97 Å². The number of methoxy groups -OCH3 is 1. The first kappa shape index (κ1) is 13.5. The van der Waals surface area contributed by atoms with E-state index in [1.165, 1.54) is 7.11 Å². The van der Waals surface area contributed by atoms with Crippen LogP contribution in [-0.4, -0.2) is 18.2 Å². The van der Waals surface area contributed by atoms with E-state index in [1.807, 2.05) is 0 Å². The van der Waals surface area contributed by atoms with E-state index in [9.17, 15) is 9.18 Å². The van der Waals surface area contributed by atoms with Gasteiger partial charge in [-0.05, 0) is 23.5 Å². The van der Waals surface area contributed by atoms with E-state index < -0.39 is 17.2 Å². The minimum absolute atomic E-state index is 0.00362. The summed E-state index contributed by atoms with van der Waals surface area (Å²) in [5.74, 6) is -1.10. The molecule has 0 radical (unpaired) electrons. The Morgan fingerprint density at radius 3 is 2.65 bits per heavy atom. The molecule has 0 aliphatic heterocycles. The Morgan fingerprint density at radius 2 is 2.12 bits per heavy atom. The topological polar surface area (TPSA) is 46.5 Å². The summed E-state index contributed by atoms with van der Waals surface area (Å²) in [4.78, 5) is 10.7. The quantitative estimate of drug-likeness (QED) is 0.860. The summed E-state index contributed by atoms with van der Waals surface area (Å²) in [6.45, 7) is 3.61. The van der Waals surface area contributed by atoms with Crippen molar-refractivity contribution in [2.24, 2.45) is 5.41 Å². The molecule has 1 rings (SSSR count). The van der Waals surface area contributed by atoms with Crippen LogP contribution in [-0.2, 0) is 11.2 Å². The summed E-state index contributed by atoms with van der Waals surface area (Å²) >= 11 is 0. The number of carboxylic acid groups (broad SMARTS) is 1. The number of benzene rings is 1. The number of ether oxygens (including phenoxy) is 1. The molecule has 0 bridgehead atoms. The predicted molar refractivity (Wildman–Crippen MR) is 62.7 cm³/mol. The molecule has 0 saturated heterocycles. The summed E-state index contributed by atoms with van der Waals surface area (Å²) in [6, 6.07) is 4.90. The van der Waals surface area contributed by atoms with Crippen molar-refractivity contribution >= 4 is 5.97 Å². The molecular weight excluding hydrogens is 223 g/mol. The number of hydrogen-bond acceptors (Lipinski definition) is 2. The maximum absolute atomic E-state index is 13.9. The molecule has 1 N–H and O–H groups in total. The second-order valence-electron chi connectivity index (χ2n) is 4.84. The Kier molecular flexibility index (Phi) is 4.10. The zero-order valence-electron chi connectivity index (χ0n) is 10.3. The van der Waals surface area contributed by atoms with Crippen LogP contribution in [0.15, 0.2) is 18.2 Å². The fourth-order valence-electron chi connectivity index (χ4n) is 1.84. The lowest BCUT2D eigenvalue weighted by atomic mass is 9.82. The Hall–Kier alpha value is -1.58. The molecule has 0 fully saturated rings. The van der Waals surface area contributed by atoms with E-state index >= 15 is 0 Å². The highest BCUT2D eigenvalue weighted by atomic mass is 19.1. The molecule has 0 unspecified atom stereocenters. The van der Waals surface area contributed by atoms with Gasteiger partial charge in [-0.3, -0.25) is 4.79 Å². The first-order valence-electron chi connectivity index (χ1n) is 5.39. The summed E-state index contributed by atoms with van der Waals surface area (Å²) in [5.41, 5.74) is -0.00503. The third-order valence-electron chi connectivity index (χ3n) is 2.56. The smallest absolute Gasteiger partial charge is 0.303 e. The summed E-state index contributed by atoms with van der Waals surface area (Å²) < 4.78 is 18.8. The van der Waals surface area contributed by atoms with Gasteiger partial charge in [-0.1, -0.05) is 26.0 Å². The summed E-state index contributed by atoms with van der Waals surface area (Å²) in [6.07, 6.45) is 0.367. The average Bonchev–Trinajstić information content (AvgIpc) is 2.19. The van der Waals surface area contributed by atoms with Crippen molar-refractivity contribution in [1.29, 1.82) is 0 Å². The monoisotopic (exact) mass is 240 g/mol. The average molecular weight is 240 g/mol. The Balaban J connectivity index is 2.91. The van der Waals surface area contributed by atoms with Crippen LogP contribution in [0.3, 0.4) is 0 Å². The van der Waals surface area contributed by atoms with Gasteiger partial charge in [0.2, 0.25) is 0 Å². The first-order chi connectivity index (χ1) is 7.85. The highest BCUT2D eigenvalue weighted by Crippen LogP contribution is 2.29. The van der Waals surface area contributed by atoms with Crippen LogP contribution in [0.5, 0.6) is 5.75 Å². The highest BCUT2D eigenvalue weighted by Gasteiger charge is 2.24. The molecule has 0 spiro atoms. The minimum atomic E-state index is -0.877. The molecule has 0 aromatic heterocycles. The lowest BCUT2D eigenvalue weighted by Gasteiger charge is -2.23. The molecule has 0 aliphatic carbocycles. The van der Waals surface area contributed by atoms with Crippen molar-refractivity contribution in [3.8, 4) is 5.75 Å². The second-order valence-corrected chi connectivity index (χ2v) is 4.84. The molecule has 0 aliphatic rings. The fourth-order valence-corrected chi connectivity index (χ4v) is 1.84. The van der Waals surface area contributed by atoms with Gasteiger partial charge in [0, 0.05) is 0 Å². The first-order valence-corrected chi connectivity index (χ1v) is 5.39. The zero-order chi connectivity index (χ0) is 13.1. The molecule has 0 saturated carbocycles. The van der Waals surface area contributed by atoms with Gasteiger partial charge in [0.15, 0.2) is 11.6 Å². The Bertz CT molecular complexity index is 413. The lowest BCUT2D eigenvalue weighted by molar-refractivity contribution is -0.139. The van der Waals surface area contributed by atoms with Crippen molar-refractivity contribution in [1.82, 2.24) is 0 Å². The lowest BCUT2D eigenvalue weighted by Crippen LogP contribution is -2.20. The molecule has 3 nitrogen and oxygen atoms in total. The van der Waals surface area contributed by atoms with Crippen LogP contribution in [0.25, 0.3) is 0 Å². The van der Waals surface area contributed by atoms with Crippen LogP contribution in [0.4, 0.5) is 4.39 Å². The van der Waals surface area contributed by atoms with Gasteiger partial charge in [0.25, 0.3) is 0 Å². The third-order valence-corrected chi connectivity index (χ3v) is 2.56. The van der Waals surface area contributed by atoms with E-state index in [0.29, 0.717) is 12.0 Å². The van der Waals surface area contributed by atoms with Gasteiger partial charge in [0.1, 0.15) is 0 Å². The molecule has 0 atom stereocenters. The Morgan fingerprint density at radius 1 is 1.47 bits per heavy atom. The maximum Gasteiger partial charge on any atom is 0.303 e. The van der Waals surface area contributed by atoms with Crippen molar-refractivity contribution in [2.75, 3.05) is 7.11 Å². The second kappa shape index (κ2) is 5.17. The molecule has 1 aromatic carbocycles. The van der Waals surface area contributed by atoms with Crippen molar-refractivity contribution in [3.05, 3.63) is 29.6 Å². The van der Waals surface area contributed by atoms with Crippen LogP contribution in [0.2, 0.25) is 0 Å². The zero-order valence-corrected chi connectivity index (χ0v) is 10.3. The largest absolute Gasteiger partial charge is 0.494 e. The van der Waals surface area contributed by atoms with Gasteiger partial charge in [-0.15, -0.1) is 0 Å². The highest BCUT2D eigenvalue weighted by molar-refractivity contribution is 5.67. The van der Waals surface area contributed by atoms with Gasteiger partial charge in [-0.2, -0.15) is 0 Å². The number of aliphatic carboxylic acids is 1. The van der Waals surface area contributed by atoms with Crippen LogP contribution in [0.1, 0.15) is 25.8 Å². The van der Waals surface area contributed by atoms with Crippen molar-refractivity contribution in [3.63, 3.8) is 0 Å². The van der Waals surface area contributed by atoms with E-state index in [4.69, 9.17) is 9.84 Å². The molecular formula is C13H17FO3. The molecule has 0 amide bonds. The van der Waals surface area contributed by atoms with E-state index in [2.05, 4.69) is 0 Å². The molecule has 4 heteroatoms. The van der Waals surface area contributed by atoms with Crippen LogP contribution < -0.4 is 4.74 Å². The molecule has 0 heterocycles. The molecule has 1 aromatic rings. The van der Waals surface area contributed by atoms with Crippen LogP contribution >= 0.6 is 0 Å². The normalized spacial score (nSPS) is 11.3. The summed E-state index contributed by atoms with van der Waals surface area (Å²) in [5, 5.41) is 8.78. The standard InChI is InChI=1S/C13H17FO3/c1-13(2,8-11(15)16)7-9-5-4-6-10(17-3)12(9)14/h4-6H,7-8H2,1-3H3,(H,15,16). The van der Waals surface area contributed by atoms with E-state index in [0.717, 1.165) is 0 Å². The number of hydrogen-bond donors (Lipinski definition) is 1. The molecule has 94 valence electrons. The Labute approximate surface area is 100 Å². The third kappa shape index (κ3) is 3.73. The number of rotatable bonds is 5. The van der Waals surface area contributed by atoms with E-state index in [-0.39, 0.29) is 12.2 Å². The van der Waals surface area contributed by atoms with Crippen LogP contribution in [0, 0.1) is 11.2 Å². The van der Waals surface area contributed by atoms with Gasteiger partial charge in [0.05, 0.1) is 13.5 Å².